The molecular formula is C21H20N4OS. The van der Waals surface area contributed by atoms with E-state index in [1.54, 1.807) is 24.3 Å². The van der Waals surface area contributed by atoms with Crippen LogP contribution in [0, 0.1) is 11.3 Å². The first-order valence-corrected chi connectivity index (χ1v) is 9.69. The summed E-state index contributed by atoms with van der Waals surface area (Å²) in [5.74, 6) is 0.694. The van der Waals surface area contributed by atoms with E-state index in [-0.39, 0.29) is 5.91 Å². The van der Waals surface area contributed by atoms with Crippen molar-refractivity contribution in [1.29, 1.82) is 5.26 Å². The van der Waals surface area contributed by atoms with Crippen LogP contribution in [0.1, 0.15) is 27.9 Å². The van der Waals surface area contributed by atoms with Crippen molar-refractivity contribution < 1.29 is 4.79 Å². The van der Waals surface area contributed by atoms with Crippen molar-refractivity contribution in [3.8, 4) is 6.07 Å². The van der Waals surface area contributed by atoms with Crippen LogP contribution in [0.4, 0.5) is 0 Å². The quantitative estimate of drug-likeness (QED) is 0.479. The lowest BCUT2D eigenvalue weighted by Crippen LogP contribution is -2.25. The molecule has 136 valence electrons. The van der Waals surface area contributed by atoms with Gasteiger partial charge in [0.15, 0.2) is 0 Å². The van der Waals surface area contributed by atoms with E-state index >= 15 is 0 Å². The summed E-state index contributed by atoms with van der Waals surface area (Å²) < 4.78 is 1.99. The Morgan fingerprint density at radius 3 is 2.74 bits per heavy atom. The van der Waals surface area contributed by atoms with Crippen molar-refractivity contribution in [2.75, 3.05) is 6.54 Å². The Labute approximate surface area is 163 Å². The highest BCUT2D eigenvalue weighted by Crippen LogP contribution is 2.26. The van der Waals surface area contributed by atoms with Gasteiger partial charge in [0.25, 0.3) is 5.91 Å². The Morgan fingerprint density at radius 2 is 2.00 bits per heavy atom. The molecule has 2 aromatic carbocycles. The molecule has 0 atom stereocenters. The van der Waals surface area contributed by atoms with Crippen LogP contribution in [0.25, 0.3) is 0 Å². The zero-order valence-corrected chi connectivity index (χ0v) is 15.7. The number of nitrogens with one attached hydrogen (secondary N) is 1. The summed E-state index contributed by atoms with van der Waals surface area (Å²) in [5.41, 5.74) is 2.47. The highest BCUT2D eigenvalue weighted by atomic mass is 32.2. The van der Waals surface area contributed by atoms with Gasteiger partial charge in [-0.15, -0.1) is 11.8 Å². The molecule has 0 saturated carbocycles. The third-order valence-electron chi connectivity index (χ3n) is 4.05. The second-order valence-corrected chi connectivity index (χ2v) is 7.02. The van der Waals surface area contributed by atoms with Gasteiger partial charge < -0.3 is 9.88 Å². The molecule has 0 aliphatic rings. The predicted octanol–water partition coefficient (Wildman–Crippen LogP) is 3.87. The monoisotopic (exact) mass is 376 g/mol. The maximum Gasteiger partial charge on any atom is 0.252 e. The predicted molar refractivity (Wildman–Crippen MR) is 106 cm³/mol. The van der Waals surface area contributed by atoms with Crippen molar-refractivity contribution >= 4 is 17.7 Å². The molecule has 0 spiro atoms. The Bertz CT molecular complexity index is 914. The number of carbonyl (C=O) groups excluding carboxylic acids is 1. The molecule has 1 amide bonds. The zero-order chi connectivity index (χ0) is 18.9. The minimum absolute atomic E-state index is 0.0523. The molecule has 0 aliphatic carbocycles. The lowest BCUT2D eigenvalue weighted by molar-refractivity contribution is 0.0950. The second-order valence-electron chi connectivity index (χ2n) is 6.00. The maximum absolute atomic E-state index is 12.5. The average Bonchev–Trinajstić information content (AvgIpc) is 3.23. The SMILES string of the molecule is N#Cc1ccc(CSc2ccccc2C(=O)NCCCn2ccnc2)cc1. The number of rotatable bonds is 8. The summed E-state index contributed by atoms with van der Waals surface area (Å²) in [6.45, 7) is 1.45. The summed E-state index contributed by atoms with van der Waals surface area (Å²) in [5, 5.41) is 11.9. The molecule has 3 aromatic rings. The van der Waals surface area contributed by atoms with Crippen LogP contribution in [-0.2, 0) is 12.3 Å². The van der Waals surface area contributed by atoms with E-state index in [1.807, 2.05) is 59.3 Å². The number of benzene rings is 2. The first-order chi connectivity index (χ1) is 13.3. The lowest BCUT2D eigenvalue weighted by atomic mass is 10.2. The molecule has 1 N–H and O–H groups in total. The van der Waals surface area contributed by atoms with Crippen molar-refractivity contribution in [2.24, 2.45) is 0 Å². The number of nitriles is 1. The van der Waals surface area contributed by atoms with Crippen LogP contribution in [0.3, 0.4) is 0 Å². The number of carbonyl (C=O) groups is 1. The van der Waals surface area contributed by atoms with Gasteiger partial charge in [-0.1, -0.05) is 24.3 Å². The third kappa shape index (κ3) is 5.47. The summed E-state index contributed by atoms with van der Waals surface area (Å²) in [4.78, 5) is 17.5. The van der Waals surface area contributed by atoms with Crippen molar-refractivity contribution in [3.63, 3.8) is 0 Å². The van der Waals surface area contributed by atoms with E-state index < -0.39 is 0 Å². The van der Waals surface area contributed by atoms with Gasteiger partial charge in [-0.05, 0) is 36.2 Å². The van der Waals surface area contributed by atoms with Crippen LogP contribution in [0.5, 0.6) is 0 Å². The smallest absolute Gasteiger partial charge is 0.252 e. The maximum atomic E-state index is 12.5. The van der Waals surface area contributed by atoms with Gasteiger partial charge in [0.2, 0.25) is 0 Å². The van der Waals surface area contributed by atoms with E-state index in [4.69, 9.17) is 5.26 Å². The Kier molecular flexibility index (Phi) is 6.66. The molecule has 0 saturated heterocycles. The Balaban J connectivity index is 1.54. The number of aryl methyl sites for hydroxylation is 1. The first-order valence-electron chi connectivity index (χ1n) is 8.71. The number of nitrogens with zero attached hydrogens (tertiary/aromatic N) is 3. The van der Waals surface area contributed by atoms with Crippen LogP contribution < -0.4 is 5.32 Å². The highest BCUT2D eigenvalue weighted by molar-refractivity contribution is 7.98. The molecular weight excluding hydrogens is 356 g/mol. The van der Waals surface area contributed by atoms with Crippen LogP contribution >= 0.6 is 11.8 Å². The minimum atomic E-state index is -0.0523. The van der Waals surface area contributed by atoms with Gasteiger partial charge in [0.05, 0.1) is 23.5 Å². The highest BCUT2D eigenvalue weighted by Gasteiger charge is 2.11. The van der Waals surface area contributed by atoms with Gasteiger partial charge >= 0.3 is 0 Å². The van der Waals surface area contributed by atoms with Gasteiger partial charge in [-0.3, -0.25) is 4.79 Å². The number of thioether (sulfide) groups is 1. The fourth-order valence-electron chi connectivity index (χ4n) is 2.59. The van der Waals surface area contributed by atoms with Gasteiger partial charge in [-0.2, -0.15) is 5.26 Å². The molecule has 1 aromatic heterocycles. The van der Waals surface area contributed by atoms with E-state index in [9.17, 15) is 4.79 Å². The molecule has 0 bridgehead atoms. The van der Waals surface area contributed by atoms with E-state index in [0.29, 0.717) is 17.7 Å². The third-order valence-corrected chi connectivity index (χ3v) is 5.19. The summed E-state index contributed by atoms with van der Waals surface area (Å²) >= 11 is 1.62. The molecule has 0 aliphatic heterocycles. The van der Waals surface area contributed by atoms with Crippen LogP contribution in [-0.4, -0.2) is 22.0 Å². The average molecular weight is 376 g/mol. The molecule has 27 heavy (non-hydrogen) atoms. The lowest BCUT2D eigenvalue weighted by Gasteiger charge is -2.10. The number of hydrogen-bond acceptors (Lipinski definition) is 4. The number of amides is 1. The summed E-state index contributed by atoms with van der Waals surface area (Å²) in [6.07, 6.45) is 6.29. The van der Waals surface area contributed by atoms with Crippen molar-refractivity contribution in [3.05, 3.63) is 83.9 Å². The molecule has 5 nitrogen and oxygen atoms in total. The van der Waals surface area contributed by atoms with Crippen molar-refractivity contribution in [1.82, 2.24) is 14.9 Å². The topological polar surface area (TPSA) is 70.7 Å². The molecule has 1 heterocycles. The number of aromatic nitrogens is 2. The zero-order valence-electron chi connectivity index (χ0n) is 14.8. The van der Waals surface area contributed by atoms with Gasteiger partial charge in [0.1, 0.15) is 0 Å². The molecule has 0 unspecified atom stereocenters. The largest absolute Gasteiger partial charge is 0.352 e. The van der Waals surface area contributed by atoms with E-state index in [1.165, 1.54) is 0 Å². The second kappa shape index (κ2) is 9.60. The minimum Gasteiger partial charge on any atom is -0.352 e. The summed E-state index contributed by atoms with van der Waals surface area (Å²) in [7, 11) is 0. The normalized spacial score (nSPS) is 10.3. The Morgan fingerprint density at radius 1 is 1.19 bits per heavy atom. The van der Waals surface area contributed by atoms with Crippen LogP contribution in [0.2, 0.25) is 0 Å². The fraction of sp³-hybridized carbons (Fsp3) is 0.190. The number of hydrogen-bond donors (Lipinski definition) is 1. The van der Waals surface area contributed by atoms with Gasteiger partial charge in [-0.25, -0.2) is 4.98 Å². The Hall–Kier alpha value is -3.04. The molecule has 6 heteroatoms. The van der Waals surface area contributed by atoms with E-state index in [2.05, 4.69) is 16.4 Å². The summed E-state index contributed by atoms with van der Waals surface area (Å²) in [6, 6.07) is 17.3. The first kappa shape index (κ1) is 18.7. The number of imidazole rings is 1. The fourth-order valence-corrected chi connectivity index (χ4v) is 3.60. The molecule has 3 rings (SSSR count). The van der Waals surface area contributed by atoms with Crippen LogP contribution in [0.15, 0.2) is 72.1 Å². The van der Waals surface area contributed by atoms with Crippen molar-refractivity contribution in [2.45, 2.75) is 23.6 Å². The standard InChI is InChI=1S/C21H20N4OS/c22-14-17-6-8-18(9-7-17)15-27-20-5-2-1-4-19(20)21(26)24-10-3-12-25-13-11-23-16-25/h1-2,4-9,11,13,16H,3,10,12,15H2,(H,24,26). The molecule has 0 fully saturated rings. The van der Waals surface area contributed by atoms with E-state index in [0.717, 1.165) is 29.2 Å². The van der Waals surface area contributed by atoms with Gasteiger partial charge in [0, 0.05) is 36.1 Å². The molecule has 0 radical (unpaired) electrons.